The molecule has 3 rings (SSSR count). The number of thioether (sulfide) groups is 2. The molecule has 0 unspecified atom stereocenters. The van der Waals surface area contributed by atoms with E-state index in [1.165, 1.54) is 23.5 Å². The van der Waals surface area contributed by atoms with E-state index in [4.69, 9.17) is 4.74 Å². The number of aryl methyl sites for hydroxylation is 1. The normalized spacial score (nSPS) is 13.3. The minimum absolute atomic E-state index is 0.104. The van der Waals surface area contributed by atoms with E-state index < -0.39 is 59.5 Å². The highest BCUT2D eigenvalue weighted by Gasteiger charge is 2.33. The third kappa shape index (κ3) is 17.8. The summed E-state index contributed by atoms with van der Waals surface area (Å²) in [5.41, 5.74) is 2.95. The van der Waals surface area contributed by atoms with Crippen LogP contribution in [0.2, 0.25) is 0 Å². The molecule has 0 bridgehead atoms. The Morgan fingerprint density at radius 2 is 1.28 bits per heavy atom. The van der Waals surface area contributed by atoms with E-state index in [2.05, 4.69) is 26.6 Å². The molecule has 5 N–H and O–H groups in total. The molecule has 0 radical (unpaired) electrons. The van der Waals surface area contributed by atoms with Crippen molar-refractivity contribution in [3.05, 3.63) is 107 Å². The molecule has 314 valence electrons. The molecule has 0 aromatic heterocycles. The average Bonchev–Trinajstić information content (AvgIpc) is 3.17. The number of hydrogen-bond acceptors (Lipinski definition) is 9. The zero-order valence-corrected chi connectivity index (χ0v) is 36.2. The number of alkyl carbamates (subject to hydrolysis) is 1. The first-order chi connectivity index (χ1) is 27.5. The lowest BCUT2D eigenvalue weighted by atomic mass is 10.00. The summed E-state index contributed by atoms with van der Waals surface area (Å²) in [5, 5.41) is 13.8. The zero-order chi connectivity index (χ0) is 42.7. The summed E-state index contributed by atoms with van der Waals surface area (Å²) in [4.78, 5) is 80.9. The van der Waals surface area contributed by atoms with E-state index in [0.717, 1.165) is 22.3 Å². The Balaban J connectivity index is 1.77. The van der Waals surface area contributed by atoms with E-state index in [1.807, 2.05) is 98.1 Å². The summed E-state index contributed by atoms with van der Waals surface area (Å²) in [6.07, 6.45) is 1.64. The third-order valence-corrected chi connectivity index (χ3v) is 10.6. The van der Waals surface area contributed by atoms with Crippen LogP contribution in [0.15, 0.2) is 84.9 Å². The number of benzene rings is 3. The van der Waals surface area contributed by atoms with Crippen molar-refractivity contribution in [2.45, 2.75) is 96.3 Å². The van der Waals surface area contributed by atoms with Crippen molar-refractivity contribution in [2.24, 2.45) is 5.92 Å². The molecule has 0 aliphatic rings. The number of hydrogen-bond donors (Lipinski definition) is 5. The van der Waals surface area contributed by atoms with Crippen molar-refractivity contribution in [1.82, 2.24) is 26.6 Å². The molecule has 0 aliphatic carbocycles. The molecule has 58 heavy (non-hydrogen) atoms. The van der Waals surface area contributed by atoms with Gasteiger partial charge in [0.2, 0.25) is 23.6 Å². The molecule has 5 amide bonds. The second-order valence-corrected chi connectivity index (χ2v) is 17.4. The van der Waals surface area contributed by atoms with Crippen LogP contribution >= 0.6 is 23.5 Å². The number of nitrogens with one attached hydrogen (secondary N) is 5. The van der Waals surface area contributed by atoms with E-state index in [0.29, 0.717) is 17.9 Å². The van der Waals surface area contributed by atoms with Gasteiger partial charge in [-0.3, -0.25) is 24.0 Å². The maximum absolute atomic E-state index is 14.1. The quantitative estimate of drug-likeness (QED) is 0.0918. The molecule has 0 spiro atoms. The van der Waals surface area contributed by atoms with Crippen LogP contribution < -0.4 is 26.6 Å². The van der Waals surface area contributed by atoms with Gasteiger partial charge < -0.3 is 31.3 Å². The van der Waals surface area contributed by atoms with Gasteiger partial charge in [-0.1, -0.05) is 104 Å². The second kappa shape index (κ2) is 24.2. The van der Waals surface area contributed by atoms with E-state index in [9.17, 15) is 28.8 Å². The molecular weight excluding hydrogens is 775 g/mol. The van der Waals surface area contributed by atoms with Crippen LogP contribution in [0.5, 0.6) is 0 Å². The zero-order valence-electron chi connectivity index (χ0n) is 34.6. The van der Waals surface area contributed by atoms with Crippen LogP contribution in [0.3, 0.4) is 0 Å². The van der Waals surface area contributed by atoms with Crippen molar-refractivity contribution in [1.29, 1.82) is 0 Å². The summed E-state index contributed by atoms with van der Waals surface area (Å²) < 4.78 is 5.45. The molecule has 14 heteroatoms. The smallest absolute Gasteiger partial charge is 0.408 e. The maximum atomic E-state index is 14.1. The van der Waals surface area contributed by atoms with Crippen molar-refractivity contribution in [3.63, 3.8) is 0 Å². The van der Waals surface area contributed by atoms with Gasteiger partial charge in [-0.15, -0.1) is 0 Å². The Kier molecular flexibility index (Phi) is 19.8. The topological polar surface area (TPSA) is 172 Å². The van der Waals surface area contributed by atoms with E-state index in [-0.39, 0.29) is 36.8 Å². The maximum Gasteiger partial charge on any atom is 0.408 e. The number of amides is 5. The summed E-state index contributed by atoms with van der Waals surface area (Å²) in [6, 6.07) is 22.2. The highest BCUT2D eigenvalue weighted by atomic mass is 32.2. The fourth-order valence-electron chi connectivity index (χ4n) is 5.70. The third-order valence-electron chi connectivity index (χ3n) is 8.83. The van der Waals surface area contributed by atoms with Crippen LogP contribution in [0, 0.1) is 12.8 Å². The summed E-state index contributed by atoms with van der Waals surface area (Å²) in [7, 11) is 0. The molecule has 0 aliphatic heterocycles. The minimum Gasteiger partial charge on any atom is -0.444 e. The summed E-state index contributed by atoms with van der Waals surface area (Å²) >= 11 is 2.96. The van der Waals surface area contributed by atoms with Gasteiger partial charge in [0.05, 0.1) is 19.0 Å². The summed E-state index contributed by atoms with van der Waals surface area (Å²) in [6.45, 7) is 10.4. The van der Waals surface area contributed by atoms with Gasteiger partial charge in [0, 0.05) is 17.9 Å². The fourth-order valence-corrected chi connectivity index (χ4v) is 7.18. The van der Waals surface area contributed by atoms with Crippen molar-refractivity contribution >= 4 is 59.0 Å². The van der Waals surface area contributed by atoms with Crippen LogP contribution in [-0.2, 0) is 47.3 Å². The average molecular weight is 834 g/mol. The molecule has 12 nitrogen and oxygen atoms in total. The lowest BCUT2D eigenvalue weighted by Gasteiger charge is -2.28. The standard InChI is InChI=1S/C44H59N5O7S2/c1-29(2)39(49-41(53)36(48-43(55)56-44(4,5)6)28-58-27-33-20-18-30(3)19-21-33)42(54)47-35(24-31-14-10-8-11-15-31)40(52)46-34(22-23-57-7)37(50)26-45-38(51)25-32-16-12-9-13-17-32/h8-21,29,34-36,39H,22-28H2,1-7H3,(H,45,51)(H,46,52)(H,47,54)(H,48,55)(H,49,53)/t34-,35-,36-,39-/m0/s1. The summed E-state index contributed by atoms with van der Waals surface area (Å²) in [5.74, 6) is -1.54. The minimum atomic E-state index is -1.12. The number of ketones is 1. The molecule has 3 aromatic carbocycles. The number of carbonyl (C=O) groups is 6. The second-order valence-electron chi connectivity index (χ2n) is 15.4. The van der Waals surface area contributed by atoms with Gasteiger partial charge in [-0.25, -0.2) is 4.79 Å². The Bertz CT molecular complexity index is 1790. The lowest BCUT2D eigenvalue weighted by molar-refractivity contribution is -0.134. The fraction of sp³-hybridized carbons (Fsp3) is 0.455. The number of ether oxygens (including phenoxy) is 1. The molecule has 0 saturated carbocycles. The van der Waals surface area contributed by atoms with Gasteiger partial charge in [-0.2, -0.15) is 23.5 Å². The largest absolute Gasteiger partial charge is 0.444 e. The first-order valence-electron chi connectivity index (χ1n) is 19.4. The van der Waals surface area contributed by atoms with Crippen LogP contribution in [-0.4, -0.2) is 89.6 Å². The Labute approximate surface area is 351 Å². The van der Waals surface area contributed by atoms with Gasteiger partial charge in [0.15, 0.2) is 5.78 Å². The van der Waals surface area contributed by atoms with Crippen molar-refractivity contribution in [2.75, 3.05) is 24.3 Å². The monoisotopic (exact) mass is 833 g/mol. The van der Waals surface area contributed by atoms with Gasteiger partial charge in [0.25, 0.3) is 0 Å². The van der Waals surface area contributed by atoms with E-state index >= 15 is 0 Å². The number of rotatable bonds is 22. The SMILES string of the molecule is CSCC[C@H](NC(=O)[C@H](Cc1ccccc1)NC(=O)[C@@H](NC(=O)[C@H](CSCc1ccc(C)cc1)NC(=O)OC(C)(C)C)C(C)C)C(=O)CNC(=O)Cc1ccccc1. The molecule has 3 aromatic rings. The van der Waals surface area contributed by atoms with Crippen molar-refractivity contribution in [3.8, 4) is 0 Å². The van der Waals surface area contributed by atoms with Crippen LogP contribution in [0.4, 0.5) is 4.79 Å². The van der Waals surface area contributed by atoms with Gasteiger partial charge in [-0.05, 0) is 68.7 Å². The Morgan fingerprint density at radius 1 is 0.690 bits per heavy atom. The molecule has 0 fully saturated rings. The highest BCUT2D eigenvalue weighted by molar-refractivity contribution is 7.98. The van der Waals surface area contributed by atoms with Crippen LogP contribution in [0.25, 0.3) is 0 Å². The number of carbonyl (C=O) groups excluding carboxylic acids is 6. The predicted molar refractivity (Wildman–Crippen MR) is 232 cm³/mol. The highest BCUT2D eigenvalue weighted by Crippen LogP contribution is 2.16. The molecule has 0 heterocycles. The molecule has 4 atom stereocenters. The molecule has 0 saturated heterocycles. The lowest BCUT2D eigenvalue weighted by Crippen LogP contribution is -2.60. The first-order valence-corrected chi connectivity index (χ1v) is 22.0. The van der Waals surface area contributed by atoms with Crippen molar-refractivity contribution < 1.29 is 33.5 Å². The predicted octanol–water partition coefficient (Wildman–Crippen LogP) is 5.16. The molecular formula is C44H59N5O7S2. The first kappa shape index (κ1) is 47.6. The number of Topliss-reactive ketones (excluding diaryl/α,β-unsaturated/α-hetero) is 1. The van der Waals surface area contributed by atoms with Gasteiger partial charge in [0.1, 0.15) is 23.7 Å². The van der Waals surface area contributed by atoms with E-state index in [1.54, 1.807) is 34.6 Å². The van der Waals surface area contributed by atoms with Crippen LogP contribution in [0.1, 0.15) is 63.3 Å². The Morgan fingerprint density at radius 3 is 1.86 bits per heavy atom. The Hall–Kier alpha value is -4.82. The van der Waals surface area contributed by atoms with Gasteiger partial charge >= 0.3 is 6.09 Å².